The highest BCUT2D eigenvalue weighted by Crippen LogP contribution is 2.12. The van der Waals surface area contributed by atoms with E-state index in [1.54, 1.807) is 18.2 Å². The molecule has 0 saturated carbocycles. The monoisotopic (exact) mass is 226 g/mol. The van der Waals surface area contributed by atoms with Crippen LogP contribution in [0.15, 0.2) is 48.5 Å². The molecule has 0 unspecified atom stereocenters. The van der Waals surface area contributed by atoms with E-state index in [1.165, 1.54) is 12.1 Å². The summed E-state index contributed by atoms with van der Waals surface area (Å²) in [6, 6.07) is 15.7. The van der Waals surface area contributed by atoms with Crippen LogP contribution in [0.25, 0.3) is 0 Å². The van der Waals surface area contributed by atoms with Crippen molar-refractivity contribution in [3.05, 3.63) is 65.5 Å². The van der Waals surface area contributed by atoms with Crippen LogP contribution in [0.1, 0.15) is 11.1 Å². The molecule has 84 valence electrons. The van der Waals surface area contributed by atoms with E-state index in [9.17, 15) is 4.39 Å². The summed E-state index contributed by atoms with van der Waals surface area (Å²) in [6.07, 6.45) is 0. The van der Waals surface area contributed by atoms with Crippen molar-refractivity contribution in [2.24, 2.45) is 0 Å². The van der Waals surface area contributed by atoms with Crippen LogP contribution in [0.5, 0.6) is 0 Å². The lowest BCUT2D eigenvalue weighted by molar-refractivity contribution is 0.626. The van der Waals surface area contributed by atoms with Gasteiger partial charge in [-0.1, -0.05) is 18.2 Å². The van der Waals surface area contributed by atoms with Crippen LogP contribution in [0.4, 0.5) is 10.1 Å². The predicted molar refractivity (Wildman–Crippen MR) is 64.9 cm³/mol. The van der Waals surface area contributed by atoms with Crippen molar-refractivity contribution >= 4 is 5.69 Å². The Morgan fingerprint density at radius 2 is 1.94 bits per heavy atom. The first-order chi connectivity index (χ1) is 8.28. The summed E-state index contributed by atoms with van der Waals surface area (Å²) < 4.78 is 12.9. The van der Waals surface area contributed by atoms with Crippen molar-refractivity contribution in [3.8, 4) is 6.07 Å². The minimum Gasteiger partial charge on any atom is -0.381 e. The van der Waals surface area contributed by atoms with Crippen LogP contribution >= 0.6 is 0 Å². The van der Waals surface area contributed by atoms with Gasteiger partial charge < -0.3 is 5.32 Å². The molecule has 0 radical (unpaired) electrons. The minimum atomic E-state index is -0.241. The molecule has 0 saturated heterocycles. The van der Waals surface area contributed by atoms with E-state index in [-0.39, 0.29) is 5.82 Å². The molecule has 0 aliphatic heterocycles. The van der Waals surface area contributed by atoms with Crippen LogP contribution in [-0.4, -0.2) is 0 Å². The van der Waals surface area contributed by atoms with Gasteiger partial charge in [0, 0.05) is 12.2 Å². The van der Waals surface area contributed by atoms with Crippen molar-refractivity contribution in [2.75, 3.05) is 5.32 Å². The Kier molecular flexibility index (Phi) is 3.37. The van der Waals surface area contributed by atoms with E-state index in [4.69, 9.17) is 5.26 Å². The fourth-order valence-corrected chi connectivity index (χ4v) is 1.55. The lowest BCUT2D eigenvalue weighted by Crippen LogP contribution is -1.99. The molecule has 2 nitrogen and oxygen atoms in total. The first-order valence-electron chi connectivity index (χ1n) is 5.26. The first-order valence-corrected chi connectivity index (χ1v) is 5.26. The van der Waals surface area contributed by atoms with Gasteiger partial charge in [0.2, 0.25) is 0 Å². The molecule has 0 fully saturated rings. The van der Waals surface area contributed by atoms with Gasteiger partial charge in [-0.05, 0) is 35.9 Å². The first kappa shape index (κ1) is 11.2. The van der Waals surface area contributed by atoms with Crippen molar-refractivity contribution in [1.82, 2.24) is 0 Å². The molecule has 0 aromatic heterocycles. The van der Waals surface area contributed by atoms with Crippen LogP contribution in [-0.2, 0) is 6.54 Å². The molecular formula is C14H11FN2. The van der Waals surface area contributed by atoms with E-state index in [0.717, 1.165) is 11.3 Å². The van der Waals surface area contributed by atoms with Gasteiger partial charge in [0.25, 0.3) is 0 Å². The number of benzene rings is 2. The van der Waals surface area contributed by atoms with Crippen molar-refractivity contribution in [3.63, 3.8) is 0 Å². The standard InChI is InChI=1S/C14H11FN2/c15-13-5-1-4-12(7-13)10-17-14-6-2-3-11(8-14)9-16/h1-8,17H,10H2. The third kappa shape index (κ3) is 3.05. The molecule has 2 aromatic rings. The molecule has 2 aromatic carbocycles. The fourth-order valence-electron chi connectivity index (χ4n) is 1.55. The van der Waals surface area contributed by atoms with E-state index in [1.807, 2.05) is 18.2 Å². The number of nitrogens with zero attached hydrogens (tertiary/aromatic N) is 1. The van der Waals surface area contributed by atoms with Crippen LogP contribution in [0.3, 0.4) is 0 Å². The molecule has 0 aliphatic carbocycles. The van der Waals surface area contributed by atoms with Crippen molar-refractivity contribution in [1.29, 1.82) is 5.26 Å². The fraction of sp³-hybridized carbons (Fsp3) is 0.0714. The van der Waals surface area contributed by atoms with Crippen LogP contribution in [0.2, 0.25) is 0 Å². The number of halogens is 1. The second-order valence-electron chi connectivity index (χ2n) is 3.68. The number of hydrogen-bond donors (Lipinski definition) is 1. The SMILES string of the molecule is N#Cc1cccc(NCc2cccc(F)c2)c1. The summed E-state index contributed by atoms with van der Waals surface area (Å²) in [5, 5.41) is 11.9. The summed E-state index contributed by atoms with van der Waals surface area (Å²) in [6.45, 7) is 0.534. The molecule has 0 bridgehead atoms. The Balaban J connectivity index is 2.05. The highest BCUT2D eigenvalue weighted by atomic mass is 19.1. The zero-order valence-corrected chi connectivity index (χ0v) is 9.15. The molecular weight excluding hydrogens is 215 g/mol. The number of rotatable bonds is 3. The van der Waals surface area contributed by atoms with Crippen LogP contribution < -0.4 is 5.32 Å². The van der Waals surface area contributed by atoms with Gasteiger partial charge >= 0.3 is 0 Å². The number of nitriles is 1. The molecule has 1 N–H and O–H groups in total. The Labute approximate surface area is 99.3 Å². The number of hydrogen-bond acceptors (Lipinski definition) is 2. The Hall–Kier alpha value is -2.34. The number of anilines is 1. The summed E-state index contributed by atoms with van der Waals surface area (Å²) >= 11 is 0. The molecule has 0 atom stereocenters. The normalized spacial score (nSPS) is 9.65. The van der Waals surface area contributed by atoms with Gasteiger partial charge in [0.1, 0.15) is 5.82 Å². The second-order valence-corrected chi connectivity index (χ2v) is 3.68. The molecule has 0 spiro atoms. The molecule has 2 rings (SSSR count). The summed E-state index contributed by atoms with van der Waals surface area (Å²) in [7, 11) is 0. The van der Waals surface area contributed by atoms with Gasteiger partial charge in [-0.3, -0.25) is 0 Å². The second kappa shape index (κ2) is 5.13. The average molecular weight is 226 g/mol. The van der Waals surface area contributed by atoms with Crippen LogP contribution in [0, 0.1) is 17.1 Å². The van der Waals surface area contributed by atoms with Gasteiger partial charge in [-0.2, -0.15) is 5.26 Å². The van der Waals surface area contributed by atoms with Crippen molar-refractivity contribution < 1.29 is 4.39 Å². The topological polar surface area (TPSA) is 35.8 Å². The maximum atomic E-state index is 12.9. The lowest BCUT2D eigenvalue weighted by Gasteiger charge is -2.06. The zero-order valence-electron chi connectivity index (χ0n) is 9.15. The van der Waals surface area contributed by atoms with Crippen molar-refractivity contribution in [2.45, 2.75) is 6.54 Å². The smallest absolute Gasteiger partial charge is 0.123 e. The maximum Gasteiger partial charge on any atom is 0.123 e. The number of nitrogens with one attached hydrogen (secondary N) is 1. The summed E-state index contributed by atoms with van der Waals surface area (Å²) in [5.41, 5.74) is 2.33. The Bertz CT molecular complexity index is 558. The van der Waals surface area contributed by atoms with Gasteiger partial charge in [0.05, 0.1) is 11.6 Å². The Morgan fingerprint density at radius 3 is 2.71 bits per heavy atom. The highest BCUT2D eigenvalue weighted by Gasteiger charge is 1.97. The molecule has 17 heavy (non-hydrogen) atoms. The van der Waals surface area contributed by atoms with Gasteiger partial charge in [-0.15, -0.1) is 0 Å². The lowest BCUT2D eigenvalue weighted by atomic mass is 10.2. The van der Waals surface area contributed by atoms with E-state index in [0.29, 0.717) is 12.1 Å². The predicted octanol–water partition coefficient (Wildman–Crippen LogP) is 3.31. The van der Waals surface area contributed by atoms with E-state index in [2.05, 4.69) is 11.4 Å². The minimum absolute atomic E-state index is 0.241. The molecule has 0 amide bonds. The van der Waals surface area contributed by atoms with E-state index >= 15 is 0 Å². The van der Waals surface area contributed by atoms with Gasteiger partial charge in [-0.25, -0.2) is 4.39 Å². The van der Waals surface area contributed by atoms with E-state index < -0.39 is 0 Å². The molecule has 3 heteroatoms. The third-order valence-electron chi connectivity index (χ3n) is 2.38. The molecule has 0 heterocycles. The average Bonchev–Trinajstić information content (AvgIpc) is 2.37. The largest absolute Gasteiger partial charge is 0.381 e. The third-order valence-corrected chi connectivity index (χ3v) is 2.38. The zero-order chi connectivity index (χ0) is 12.1. The maximum absolute atomic E-state index is 12.9. The quantitative estimate of drug-likeness (QED) is 0.871. The van der Waals surface area contributed by atoms with Gasteiger partial charge in [0.15, 0.2) is 0 Å². The summed E-state index contributed by atoms with van der Waals surface area (Å²) in [4.78, 5) is 0. The summed E-state index contributed by atoms with van der Waals surface area (Å²) in [5.74, 6) is -0.241. The molecule has 0 aliphatic rings. The Morgan fingerprint density at radius 1 is 1.12 bits per heavy atom. The highest BCUT2D eigenvalue weighted by molar-refractivity contribution is 5.49.